The molecular weight excluding hydrogens is 194 g/mol. The molecule has 0 spiro atoms. The number of hydrogen-bond donors (Lipinski definition) is 1. The van der Waals surface area contributed by atoms with E-state index in [-0.39, 0.29) is 0 Å². The van der Waals surface area contributed by atoms with Crippen LogP contribution in [-0.4, -0.2) is 13.6 Å². The molecule has 1 aromatic rings. The summed E-state index contributed by atoms with van der Waals surface area (Å²) in [5, 5.41) is 3.30. The highest BCUT2D eigenvalue weighted by Gasteiger charge is 2.30. The smallest absolute Gasteiger partial charge is 0.00177 e. The molecule has 0 amide bonds. The van der Waals surface area contributed by atoms with Crippen molar-refractivity contribution in [2.75, 3.05) is 13.6 Å². The normalized spacial score (nSPS) is 24.1. The van der Waals surface area contributed by atoms with Gasteiger partial charge in [-0.3, -0.25) is 0 Å². The van der Waals surface area contributed by atoms with Gasteiger partial charge in [-0.2, -0.15) is 0 Å². The van der Waals surface area contributed by atoms with E-state index in [1.807, 2.05) is 0 Å². The molecule has 2 atom stereocenters. The first kappa shape index (κ1) is 11.7. The Morgan fingerprint density at radius 1 is 1.19 bits per heavy atom. The lowest BCUT2D eigenvalue weighted by molar-refractivity contribution is 0.250. The van der Waals surface area contributed by atoms with E-state index in [0.29, 0.717) is 0 Å². The van der Waals surface area contributed by atoms with Gasteiger partial charge in [0, 0.05) is 0 Å². The lowest BCUT2D eigenvalue weighted by Gasteiger charge is -2.37. The Bertz CT molecular complexity index is 315. The van der Waals surface area contributed by atoms with E-state index in [1.54, 1.807) is 5.56 Å². The van der Waals surface area contributed by atoms with Gasteiger partial charge in [0.2, 0.25) is 0 Å². The molecule has 1 fully saturated rings. The van der Waals surface area contributed by atoms with Gasteiger partial charge in [-0.15, -0.1) is 0 Å². The predicted octanol–water partition coefficient (Wildman–Crippen LogP) is 3.35. The largest absolute Gasteiger partial charge is 0.319 e. The molecule has 2 unspecified atom stereocenters. The van der Waals surface area contributed by atoms with Crippen molar-refractivity contribution in [3.05, 3.63) is 35.4 Å². The van der Waals surface area contributed by atoms with Crippen LogP contribution >= 0.6 is 0 Å². The van der Waals surface area contributed by atoms with E-state index >= 15 is 0 Å². The van der Waals surface area contributed by atoms with Gasteiger partial charge in [-0.1, -0.05) is 37.6 Å². The van der Waals surface area contributed by atoms with Gasteiger partial charge in [0.1, 0.15) is 0 Å². The minimum Gasteiger partial charge on any atom is -0.319 e. The van der Waals surface area contributed by atoms with Gasteiger partial charge >= 0.3 is 0 Å². The SMILES string of the molecule is CCCc1ccc(C2CCC2CNC)cc1. The fourth-order valence-electron chi connectivity index (χ4n) is 2.73. The minimum absolute atomic E-state index is 0.808. The highest BCUT2D eigenvalue weighted by Crippen LogP contribution is 2.41. The van der Waals surface area contributed by atoms with Crippen molar-refractivity contribution in [1.29, 1.82) is 0 Å². The van der Waals surface area contributed by atoms with E-state index in [2.05, 4.69) is 43.6 Å². The summed E-state index contributed by atoms with van der Waals surface area (Å²) in [6.07, 6.45) is 5.22. The second-order valence-electron chi connectivity index (χ2n) is 4.99. The van der Waals surface area contributed by atoms with E-state index in [4.69, 9.17) is 0 Å². The molecule has 1 nitrogen and oxygen atoms in total. The summed E-state index contributed by atoms with van der Waals surface area (Å²) in [7, 11) is 2.06. The summed E-state index contributed by atoms with van der Waals surface area (Å²) in [6.45, 7) is 3.41. The van der Waals surface area contributed by atoms with E-state index in [9.17, 15) is 0 Å². The minimum atomic E-state index is 0.808. The van der Waals surface area contributed by atoms with Crippen molar-refractivity contribution >= 4 is 0 Å². The Morgan fingerprint density at radius 2 is 1.94 bits per heavy atom. The van der Waals surface area contributed by atoms with E-state index in [1.165, 1.54) is 37.8 Å². The summed E-state index contributed by atoms with van der Waals surface area (Å²) in [5.41, 5.74) is 3.03. The van der Waals surface area contributed by atoms with Crippen LogP contribution in [-0.2, 0) is 6.42 Å². The Labute approximate surface area is 99.3 Å². The first-order valence-corrected chi connectivity index (χ1v) is 6.58. The maximum absolute atomic E-state index is 3.30. The first-order valence-electron chi connectivity index (χ1n) is 6.58. The molecule has 0 aliphatic heterocycles. The van der Waals surface area contributed by atoms with Crippen molar-refractivity contribution in [2.24, 2.45) is 5.92 Å². The molecule has 1 aromatic carbocycles. The van der Waals surface area contributed by atoms with Crippen LogP contribution in [0.1, 0.15) is 43.2 Å². The number of hydrogen-bond acceptors (Lipinski definition) is 1. The Hall–Kier alpha value is -0.820. The molecule has 0 heterocycles. The molecule has 0 radical (unpaired) electrons. The molecular formula is C15H23N. The maximum atomic E-state index is 3.30. The van der Waals surface area contributed by atoms with Crippen LogP contribution in [0.15, 0.2) is 24.3 Å². The molecule has 0 saturated heterocycles. The molecule has 88 valence electrons. The third-order valence-corrected chi connectivity index (χ3v) is 3.83. The zero-order chi connectivity index (χ0) is 11.4. The summed E-state index contributed by atoms with van der Waals surface area (Å²) >= 11 is 0. The third-order valence-electron chi connectivity index (χ3n) is 3.83. The molecule has 1 aliphatic rings. The van der Waals surface area contributed by atoms with Crippen molar-refractivity contribution in [3.8, 4) is 0 Å². The average molecular weight is 217 g/mol. The summed E-state index contributed by atoms with van der Waals surface area (Å²) < 4.78 is 0. The summed E-state index contributed by atoms with van der Waals surface area (Å²) in [6, 6.07) is 9.32. The Balaban J connectivity index is 1.99. The number of benzene rings is 1. The predicted molar refractivity (Wildman–Crippen MR) is 69.8 cm³/mol. The van der Waals surface area contributed by atoms with Crippen LogP contribution < -0.4 is 5.32 Å². The lowest BCUT2D eigenvalue weighted by Crippen LogP contribution is -2.32. The molecule has 0 aromatic heterocycles. The van der Waals surface area contributed by atoms with Crippen LogP contribution in [0.4, 0.5) is 0 Å². The zero-order valence-corrected chi connectivity index (χ0v) is 10.5. The number of aryl methyl sites for hydroxylation is 1. The zero-order valence-electron chi connectivity index (χ0n) is 10.5. The maximum Gasteiger partial charge on any atom is -0.00177 e. The molecule has 2 rings (SSSR count). The fourth-order valence-corrected chi connectivity index (χ4v) is 2.73. The first-order chi connectivity index (χ1) is 7.85. The van der Waals surface area contributed by atoms with Crippen LogP contribution in [0, 0.1) is 5.92 Å². The van der Waals surface area contributed by atoms with Gasteiger partial charge in [-0.05, 0) is 55.8 Å². The van der Waals surface area contributed by atoms with E-state index < -0.39 is 0 Å². The second-order valence-corrected chi connectivity index (χ2v) is 4.99. The molecule has 1 N–H and O–H groups in total. The molecule has 16 heavy (non-hydrogen) atoms. The Kier molecular flexibility index (Phi) is 4.00. The highest BCUT2D eigenvalue weighted by atomic mass is 14.8. The van der Waals surface area contributed by atoms with Crippen LogP contribution in [0.2, 0.25) is 0 Å². The Morgan fingerprint density at radius 3 is 2.44 bits per heavy atom. The fraction of sp³-hybridized carbons (Fsp3) is 0.600. The van der Waals surface area contributed by atoms with Gasteiger partial charge in [0.15, 0.2) is 0 Å². The summed E-state index contributed by atoms with van der Waals surface area (Å²) in [5.74, 6) is 1.67. The second kappa shape index (κ2) is 5.49. The van der Waals surface area contributed by atoms with Gasteiger partial charge in [0.25, 0.3) is 0 Å². The van der Waals surface area contributed by atoms with E-state index in [0.717, 1.165) is 11.8 Å². The number of rotatable bonds is 5. The van der Waals surface area contributed by atoms with Crippen molar-refractivity contribution in [2.45, 2.75) is 38.5 Å². The standard InChI is InChI=1S/C15H23N/c1-3-4-12-5-7-13(8-6-12)15-10-9-14(15)11-16-2/h5-8,14-16H,3-4,9-11H2,1-2H3. The molecule has 1 saturated carbocycles. The highest BCUT2D eigenvalue weighted by molar-refractivity contribution is 5.27. The topological polar surface area (TPSA) is 12.0 Å². The molecule has 0 bridgehead atoms. The molecule has 1 heteroatoms. The van der Waals surface area contributed by atoms with Gasteiger partial charge in [0.05, 0.1) is 0 Å². The lowest BCUT2D eigenvalue weighted by atomic mass is 9.70. The van der Waals surface area contributed by atoms with Crippen molar-refractivity contribution < 1.29 is 0 Å². The van der Waals surface area contributed by atoms with Crippen LogP contribution in [0.25, 0.3) is 0 Å². The van der Waals surface area contributed by atoms with Crippen LogP contribution in [0.5, 0.6) is 0 Å². The van der Waals surface area contributed by atoms with Crippen molar-refractivity contribution in [3.63, 3.8) is 0 Å². The number of nitrogens with one attached hydrogen (secondary N) is 1. The quantitative estimate of drug-likeness (QED) is 0.797. The summed E-state index contributed by atoms with van der Waals surface area (Å²) in [4.78, 5) is 0. The third kappa shape index (κ3) is 2.46. The monoisotopic (exact) mass is 217 g/mol. The molecule has 1 aliphatic carbocycles. The average Bonchev–Trinajstić information content (AvgIpc) is 2.27. The van der Waals surface area contributed by atoms with Gasteiger partial charge in [-0.25, -0.2) is 0 Å². The van der Waals surface area contributed by atoms with Crippen LogP contribution in [0.3, 0.4) is 0 Å². The van der Waals surface area contributed by atoms with Crippen molar-refractivity contribution in [1.82, 2.24) is 5.32 Å². The van der Waals surface area contributed by atoms with Gasteiger partial charge < -0.3 is 5.32 Å².